The summed E-state index contributed by atoms with van der Waals surface area (Å²) >= 11 is 0. The minimum atomic E-state index is -0.0130. The van der Waals surface area contributed by atoms with Crippen molar-refractivity contribution in [3.05, 3.63) is 48.0 Å². The largest absolute Gasteiger partial charge is 0.392 e. The van der Waals surface area contributed by atoms with Gasteiger partial charge in [-0.15, -0.1) is 0 Å². The van der Waals surface area contributed by atoms with Gasteiger partial charge >= 0.3 is 0 Å². The number of aliphatic hydroxyl groups excluding tert-OH is 1. The molecular formula is C13H13N5O. The summed E-state index contributed by atoms with van der Waals surface area (Å²) in [6.07, 6.45) is 3.20. The molecule has 1 aromatic carbocycles. The van der Waals surface area contributed by atoms with Gasteiger partial charge in [-0.1, -0.05) is 12.1 Å². The summed E-state index contributed by atoms with van der Waals surface area (Å²) in [6.45, 7) is 0.345. The lowest BCUT2D eigenvalue weighted by Gasteiger charge is -2.04. The monoisotopic (exact) mass is 255 g/mol. The summed E-state index contributed by atoms with van der Waals surface area (Å²) in [5.74, 6) is 0.667. The smallest absolute Gasteiger partial charge is 0.157 e. The van der Waals surface area contributed by atoms with Crippen molar-refractivity contribution < 1.29 is 5.11 Å². The van der Waals surface area contributed by atoms with Gasteiger partial charge in [-0.3, -0.25) is 0 Å². The number of nitrogens with two attached hydrogens (primary N) is 1. The summed E-state index contributed by atoms with van der Waals surface area (Å²) < 4.78 is 1.72. The molecule has 0 atom stereocenters. The Kier molecular flexibility index (Phi) is 2.94. The molecule has 0 spiro atoms. The first-order valence-corrected chi connectivity index (χ1v) is 5.91. The van der Waals surface area contributed by atoms with Crippen LogP contribution in [0.2, 0.25) is 0 Å². The van der Waals surface area contributed by atoms with Crippen LogP contribution in [-0.4, -0.2) is 24.9 Å². The molecular weight excluding hydrogens is 242 g/mol. The van der Waals surface area contributed by atoms with E-state index < -0.39 is 0 Å². The Morgan fingerprint density at radius 2 is 2.16 bits per heavy atom. The van der Waals surface area contributed by atoms with E-state index in [-0.39, 0.29) is 6.61 Å². The lowest BCUT2D eigenvalue weighted by atomic mass is 10.1. The number of rotatable bonds is 3. The van der Waals surface area contributed by atoms with E-state index in [1.54, 1.807) is 16.9 Å². The molecule has 2 aromatic heterocycles. The fraction of sp³-hybridized carbons (Fsp3) is 0.154. The summed E-state index contributed by atoms with van der Waals surface area (Å²) in [7, 11) is 0. The van der Waals surface area contributed by atoms with E-state index in [4.69, 9.17) is 5.73 Å². The molecule has 96 valence electrons. The van der Waals surface area contributed by atoms with E-state index >= 15 is 0 Å². The molecule has 6 heteroatoms. The highest BCUT2D eigenvalue weighted by molar-refractivity contribution is 5.83. The van der Waals surface area contributed by atoms with Crippen molar-refractivity contribution in [2.75, 3.05) is 0 Å². The van der Waals surface area contributed by atoms with E-state index in [9.17, 15) is 5.11 Å². The zero-order valence-corrected chi connectivity index (χ0v) is 10.2. The summed E-state index contributed by atoms with van der Waals surface area (Å²) in [5.41, 5.74) is 8.07. The highest BCUT2D eigenvalue weighted by Gasteiger charge is 2.09. The van der Waals surface area contributed by atoms with Crippen molar-refractivity contribution in [1.82, 2.24) is 19.7 Å². The second-order valence-corrected chi connectivity index (χ2v) is 4.14. The molecule has 0 radical (unpaired) electrons. The summed E-state index contributed by atoms with van der Waals surface area (Å²) in [5, 5.41) is 14.6. The molecule has 0 amide bonds. The molecule has 0 aliphatic rings. The van der Waals surface area contributed by atoms with Crippen LogP contribution in [0, 0.1) is 0 Å². The normalized spacial score (nSPS) is 11.1. The van der Waals surface area contributed by atoms with Crippen molar-refractivity contribution >= 4 is 10.9 Å². The Hall–Kier alpha value is -2.31. The standard InChI is InChI=1S/C13H13N5O/c14-5-10-4-13(16-8-15-10)18-12-3-1-2-9(7-19)11(12)6-17-18/h1-4,6,8,19H,5,7,14H2. The fourth-order valence-electron chi connectivity index (χ4n) is 2.04. The zero-order valence-electron chi connectivity index (χ0n) is 10.2. The third-order valence-corrected chi connectivity index (χ3v) is 3.01. The number of aromatic nitrogens is 4. The second kappa shape index (κ2) is 4.75. The number of hydrogen-bond donors (Lipinski definition) is 2. The maximum atomic E-state index is 9.32. The molecule has 3 rings (SSSR count). The Morgan fingerprint density at radius 1 is 1.26 bits per heavy atom. The highest BCUT2D eigenvalue weighted by atomic mass is 16.3. The van der Waals surface area contributed by atoms with Gasteiger partial charge in [0.25, 0.3) is 0 Å². The molecule has 3 aromatic rings. The average molecular weight is 255 g/mol. The van der Waals surface area contributed by atoms with Gasteiger partial charge < -0.3 is 10.8 Å². The van der Waals surface area contributed by atoms with Crippen LogP contribution in [0.15, 0.2) is 36.8 Å². The molecule has 3 N–H and O–H groups in total. The number of fused-ring (bicyclic) bond motifs is 1. The van der Waals surface area contributed by atoms with Crippen LogP contribution in [0.1, 0.15) is 11.3 Å². The number of hydrogen-bond acceptors (Lipinski definition) is 5. The minimum Gasteiger partial charge on any atom is -0.392 e. The summed E-state index contributed by atoms with van der Waals surface area (Å²) in [6, 6.07) is 7.50. The van der Waals surface area contributed by atoms with Gasteiger partial charge in [-0.25, -0.2) is 14.6 Å². The SMILES string of the molecule is NCc1cc(-n2ncc3c(CO)cccc32)ncn1. The fourth-order valence-corrected chi connectivity index (χ4v) is 2.04. The van der Waals surface area contributed by atoms with Crippen molar-refractivity contribution in [3.63, 3.8) is 0 Å². The lowest BCUT2D eigenvalue weighted by Crippen LogP contribution is -2.05. The number of nitrogens with zero attached hydrogens (tertiary/aromatic N) is 4. The van der Waals surface area contributed by atoms with Gasteiger partial charge in [0.15, 0.2) is 5.82 Å². The maximum absolute atomic E-state index is 9.32. The Balaban J connectivity index is 2.20. The Labute approximate surface area is 109 Å². The van der Waals surface area contributed by atoms with Gasteiger partial charge in [0.05, 0.1) is 24.0 Å². The number of aliphatic hydroxyl groups is 1. The molecule has 0 aliphatic heterocycles. The highest BCUT2D eigenvalue weighted by Crippen LogP contribution is 2.20. The van der Waals surface area contributed by atoms with Crippen molar-refractivity contribution in [2.45, 2.75) is 13.2 Å². The first-order chi connectivity index (χ1) is 9.33. The topological polar surface area (TPSA) is 89.9 Å². The lowest BCUT2D eigenvalue weighted by molar-refractivity contribution is 0.283. The average Bonchev–Trinajstić information content (AvgIpc) is 2.91. The Bertz CT molecular complexity index is 722. The van der Waals surface area contributed by atoms with E-state index in [1.807, 2.05) is 18.2 Å². The van der Waals surface area contributed by atoms with Crippen LogP contribution in [0.4, 0.5) is 0 Å². The first-order valence-electron chi connectivity index (χ1n) is 5.91. The predicted octanol–water partition coefficient (Wildman–Crippen LogP) is 0.766. The van der Waals surface area contributed by atoms with E-state index in [0.717, 1.165) is 22.2 Å². The van der Waals surface area contributed by atoms with E-state index in [2.05, 4.69) is 15.1 Å². The Morgan fingerprint density at radius 3 is 2.95 bits per heavy atom. The van der Waals surface area contributed by atoms with Crippen LogP contribution in [0.5, 0.6) is 0 Å². The minimum absolute atomic E-state index is 0.0130. The van der Waals surface area contributed by atoms with Crippen molar-refractivity contribution in [3.8, 4) is 5.82 Å². The second-order valence-electron chi connectivity index (χ2n) is 4.14. The molecule has 19 heavy (non-hydrogen) atoms. The van der Waals surface area contributed by atoms with Crippen molar-refractivity contribution in [1.29, 1.82) is 0 Å². The van der Waals surface area contributed by atoms with Crippen LogP contribution in [0.25, 0.3) is 16.7 Å². The van der Waals surface area contributed by atoms with Crippen LogP contribution in [0.3, 0.4) is 0 Å². The molecule has 0 saturated heterocycles. The van der Waals surface area contributed by atoms with Gasteiger partial charge in [-0.2, -0.15) is 5.10 Å². The molecule has 6 nitrogen and oxygen atoms in total. The molecule has 0 bridgehead atoms. The molecule has 0 aliphatic carbocycles. The third-order valence-electron chi connectivity index (χ3n) is 3.01. The molecule has 0 unspecified atom stereocenters. The zero-order chi connectivity index (χ0) is 13.2. The third kappa shape index (κ3) is 1.96. The maximum Gasteiger partial charge on any atom is 0.157 e. The van der Waals surface area contributed by atoms with Crippen molar-refractivity contribution in [2.24, 2.45) is 5.73 Å². The predicted molar refractivity (Wildman–Crippen MR) is 70.5 cm³/mol. The van der Waals surface area contributed by atoms with Gasteiger partial charge in [-0.05, 0) is 11.6 Å². The van der Waals surface area contributed by atoms with Gasteiger partial charge in [0.1, 0.15) is 6.33 Å². The summed E-state index contributed by atoms with van der Waals surface area (Å²) in [4.78, 5) is 8.27. The van der Waals surface area contributed by atoms with Gasteiger partial charge in [0, 0.05) is 18.0 Å². The molecule has 2 heterocycles. The van der Waals surface area contributed by atoms with Crippen LogP contribution >= 0.6 is 0 Å². The molecule has 0 fully saturated rings. The van der Waals surface area contributed by atoms with Gasteiger partial charge in [0.2, 0.25) is 0 Å². The molecule has 0 saturated carbocycles. The van der Waals surface area contributed by atoms with E-state index in [0.29, 0.717) is 12.4 Å². The quantitative estimate of drug-likeness (QED) is 0.721. The van der Waals surface area contributed by atoms with E-state index in [1.165, 1.54) is 6.33 Å². The van der Waals surface area contributed by atoms with Crippen LogP contribution < -0.4 is 5.73 Å². The number of benzene rings is 1. The van der Waals surface area contributed by atoms with Crippen LogP contribution in [-0.2, 0) is 13.2 Å². The first kappa shape index (κ1) is 11.8.